The number of aryl methyl sites for hydroxylation is 1. The molecule has 7 heteroatoms. The molecule has 2 aromatic carbocycles. The van der Waals surface area contributed by atoms with Crippen LogP contribution in [0.5, 0.6) is 11.5 Å². The summed E-state index contributed by atoms with van der Waals surface area (Å²) < 4.78 is 10.2. The maximum Gasteiger partial charge on any atom is 0.308 e. The monoisotopic (exact) mass is 360 g/mol. The van der Waals surface area contributed by atoms with Crippen molar-refractivity contribution in [2.45, 2.75) is 13.8 Å². The van der Waals surface area contributed by atoms with E-state index < -0.39 is 11.9 Å². The van der Waals surface area contributed by atoms with Crippen LogP contribution in [0.4, 0.5) is 0 Å². The normalized spacial score (nSPS) is 10.6. The summed E-state index contributed by atoms with van der Waals surface area (Å²) in [6, 6.07) is 10.0. The Morgan fingerprint density at radius 3 is 2.56 bits per heavy atom. The van der Waals surface area contributed by atoms with Gasteiger partial charge in [-0.2, -0.15) is 5.10 Å². The first-order chi connectivity index (χ1) is 11.9. The van der Waals surface area contributed by atoms with Gasteiger partial charge in [0, 0.05) is 6.92 Å². The molecule has 6 nitrogen and oxygen atoms in total. The van der Waals surface area contributed by atoms with Crippen LogP contribution in [0.2, 0.25) is 5.02 Å². The number of nitrogens with zero attached hydrogens (tertiary/aromatic N) is 1. The Bertz CT molecular complexity index is 834. The van der Waals surface area contributed by atoms with Crippen LogP contribution in [-0.4, -0.2) is 25.2 Å². The first-order valence-electron chi connectivity index (χ1n) is 7.36. The predicted octanol–water partition coefficient (Wildman–Crippen LogP) is 3.35. The smallest absolute Gasteiger partial charge is 0.308 e. The Balaban J connectivity index is 2.08. The molecule has 0 spiro atoms. The van der Waals surface area contributed by atoms with Crippen molar-refractivity contribution in [3.05, 3.63) is 58.1 Å². The van der Waals surface area contributed by atoms with Crippen LogP contribution in [0.25, 0.3) is 0 Å². The van der Waals surface area contributed by atoms with Gasteiger partial charge in [-0.05, 0) is 48.4 Å². The molecule has 1 amide bonds. The zero-order valence-electron chi connectivity index (χ0n) is 14.0. The van der Waals surface area contributed by atoms with Gasteiger partial charge in [0.05, 0.1) is 23.9 Å². The number of amides is 1. The number of hydrazone groups is 1. The van der Waals surface area contributed by atoms with Crippen molar-refractivity contribution in [2.75, 3.05) is 7.11 Å². The quantitative estimate of drug-likeness (QED) is 0.384. The van der Waals surface area contributed by atoms with Crippen LogP contribution in [0.1, 0.15) is 28.4 Å². The summed E-state index contributed by atoms with van der Waals surface area (Å²) in [4.78, 5) is 23.1. The van der Waals surface area contributed by atoms with Gasteiger partial charge in [-0.25, -0.2) is 5.43 Å². The number of benzene rings is 2. The number of esters is 1. The molecular formula is C18H17ClN2O4. The van der Waals surface area contributed by atoms with E-state index in [-0.39, 0.29) is 0 Å². The maximum atomic E-state index is 12.1. The average Bonchev–Trinajstić information content (AvgIpc) is 2.55. The highest BCUT2D eigenvalue weighted by molar-refractivity contribution is 6.33. The molecule has 0 fully saturated rings. The molecule has 0 saturated carbocycles. The van der Waals surface area contributed by atoms with E-state index in [2.05, 4.69) is 10.5 Å². The molecule has 0 bridgehead atoms. The zero-order valence-corrected chi connectivity index (χ0v) is 14.8. The second kappa shape index (κ2) is 8.30. The van der Waals surface area contributed by atoms with E-state index in [1.165, 1.54) is 20.2 Å². The Morgan fingerprint density at radius 1 is 1.16 bits per heavy atom. The number of halogens is 1. The third-order valence-corrected chi connectivity index (χ3v) is 3.50. The number of carbonyl (C=O) groups excluding carboxylic acids is 2. The molecule has 1 N–H and O–H groups in total. The van der Waals surface area contributed by atoms with Crippen molar-refractivity contribution >= 4 is 29.7 Å². The summed E-state index contributed by atoms with van der Waals surface area (Å²) in [7, 11) is 1.46. The largest absolute Gasteiger partial charge is 0.493 e. The average molecular weight is 361 g/mol. The molecule has 130 valence electrons. The fourth-order valence-electron chi connectivity index (χ4n) is 2.03. The summed E-state index contributed by atoms with van der Waals surface area (Å²) in [5.74, 6) is -0.165. The lowest BCUT2D eigenvalue weighted by atomic mass is 10.1. The van der Waals surface area contributed by atoms with E-state index in [0.29, 0.717) is 27.6 Å². The number of nitrogens with one attached hydrogen (secondary N) is 1. The van der Waals surface area contributed by atoms with Gasteiger partial charge in [-0.1, -0.05) is 17.7 Å². The van der Waals surface area contributed by atoms with Gasteiger partial charge in [0.15, 0.2) is 11.5 Å². The molecule has 2 rings (SSSR count). The molecule has 0 radical (unpaired) electrons. The third-order valence-electron chi connectivity index (χ3n) is 3.19. The van der Waals surface area contributed by atoms with E-state index in [0.717, 1.165) is 5.56 Å². The SMILES string of the molecule is COc1cc(/C=N/NC(=O)c2ccc(C)cc2Cl)ccc1OC(C)=O. The van der Waals surface area contributed by atoms with Crippen molar-refractivity contribution in [3.8, 4) is 11.5 Å². The van der Waals surface area contributed by atoms with Crippen LogP contribution in [-0.2, 0) is 4.79 Å². The Hall–Kier alpha value is -2.86. The van der Waals surface area contributed by atoms with Crippen molar-refractivity contribution in [3.63, 3.8) is 0 Å². The number of hydrogen-bond acceptors (Lipinski definition) is 5. The predicted molar refractivity (Wildman–Crippen MR) is 95.6 cm³/mol. The summed E-state index contributed by atoms with van der Waals surface area (Å²) >= 11 is 6.05. The summed E-state index contributed by atoms with van der Waals surface area (Å²) in [6.07, 6.45) is 1.44. The van der Waals surface area contributed by atoms with Gasteiger partial charge in [-0.15, -0.1) is 0 Å². The van der Waals surface area contributed by atoms with E-state index in [9.17, 15) is 9.59 Å². The van der Waals surface area contributed by atoms with Gasteiger partial charge < -0.3 is 9.47 Å². The van der Waals surface area contributed by atoms with Crippen LogP contribution >= 0.6 is 11.6 Å². The molecule has 0 aliphatic heterocycles. The fraction of sp³-hybridized carbons (Fsp3) is 0.167. The number of rotatable bonds is 5. The minimum Gasteiger partial charge on any atom is -0.493 e. The first kappa shape index (κ1) is 18.5. The Kier molecular flexibility index (Phi) is 6.14. The molecule has 25 heavy (non-hydrogen) atoms. The third kappa shape index (κ3) is 5.06. The number of methoxy groups -OCH3 is 1. The highest BCUT2D eigenvalue weighted by Gasteiger charge is 2.10. The lowest BCUT2D eigenvalue weighted by Gasteiger charge is -2.08. The van der Waals surface area contributed by atoms with Crippen LogP contribution in [0.3, 0.4) is 0 Å². The molecule has 2 aromatic rings. The Morgan fingerprint density at radius 2 is 1.92 bits per heavy atom. The van der Waals surface area contributed by atoms with E-state index in [1.807, 2.05) is 6.92 Å². The molecule has 0 saturated heterocycles. The zero-order chi connectivity index (χ0) is 18.4. The lowest BCUT2D eigenvalue weighted by molar-refractivity contribution is -0.132. The second-order valence-electron chi connectivity index (χ2n) is 5.19. The van der Waals surface area contributed by atoms with Crippen molar-refractivity contribution in [2.24, 2.45) is 5.10 Å². The van der Waals surface area contributed by atoms with Gasteiger partial charge in [0.1, 0.15) is 0 Å². The number of ether oxygens (including phenoxy) is 2. The molecule has 0 aliphatic carbocycles. The van der Waals surface area contributed by atoms with Crippen molar-refractivity contribution in [1.82, 2.24) is 5.43 Å². The molecule has 0 heterocycles. The first-order valence-corrected chi connectivity index (χ1v) is 7.74. The minimum absolute atomic E-state index is 0.308. The van der Waals surface area contributed by atoms with Gasteiger partial charge >= 0.3 is 5.97 Å². The summed E-state index contributed by atoms with van der Waals surface area (Å²) in [5.41, 5.74) is 4.37. The molecule has 0 atom stereocenters. The lowest BCUT2D eigenvalue weighted by Crippen LogP contribution is -2.18. The molecular weight excluding hydrogens is 344 g/mol. The fourth-order valence-corrected chi connectivity index (χ4v) is 2.35. The Labute approximate surface area is 150 Å². The van der Waals surface area contributed by atoms with E-state index in [1.54, 1.807) is 36.4 Å². The van der Waals surface area contributed by atoms with Crippen LogP contribution in [0, 0.1) is 6.92 Å². The highest BCUT2D eigenvalue weighted by atomic mass is 35.5. The van der Waals surface area contributed by atoms with Gasteiger partial charge in [0.2, 0.25) is 0 Å². The molecule has 0 unspecified atom stereocenters. The van der Waals surface area contributed by atoms with Gasteiger partial charge in [-0.3, -0.25) is 9.59 Å². The molecule has 0 aliphatic rings. The van der Waals surface area contributed by atoms with Crippen LogP contribution in [0.15, 0.2) is 41.5 Å². The minimum atomic E-state index is -0.443. The van der Waals surface area contributed by atoms with Crippen molar-refractivity contribution in [1.29, 1.82) is 0 Å². The van der Waals surface area contributed by atoms with Gasteiger partial charge in [0.25, 0.3) is 5.91 Å². The number of hydrogen-bond donors (Lipinski definition) is 1. The van der Waals surface area contributed by atoms with Crippen LogP contribution < -0.4 is 14.9 Å². The summed E-state index contributed by atoms with van der Waals surface area (Å²) in [6.45, 7) is 3.19. The van der Waals surface area contributed by atoms with E-state index >= 15 is 0 Å². The highest BCUT2D eigenvalue weighted by Crippen LogP contribution is 2.27. The number of carbonyl (C=O) groups is 2. The molecule has 0 aromatic heterocycles. The maximum absolute atomic E-state index is 12.1. The second-order valence-corrected chi connectivity index (χ2v) is 5.59. The van der Waals surface area contributed by atoms with Crippen molar-refractivity contribution < 1.29 is 19.1 Å². The summed E-state index contributed by atoms with van der Waals surface area (Å²) in [5, 5.41) is 4.26. The van der Waals surface area contributed by atoms with E-state index in [4.69, 9.17) is 21.1 Å². The topological polar surface area (TPSA) is 77.0 Å². The standard InChI is InChI=1S/C18H17ClN2O4/c1-11-4-6-14(15(19)8-11)18(23)21-20-10-13-5-7-16(25-12(2)22)17(9-13)24-3/h4-10H,1-3H3,(H,21,23)/b20-10+.